The van der Waals surface area contributed by atoms with Crippen molar-refractivity contribution in [1.82, 2.24) is 35.4 Å². The highest BCUT2D eigenvalue weighted by atomic mass is 35.5. The lowest BCUT2D eigenvalue weighted by Gasteiger charge is -2.40. The first-order valence-corrected chi connectivity index (χ1v) is 24.7. The third kappa shape index (κ3) is 12.8. The molecule has 4 amide bonds. The highest BCUT2D eigenvalue weighted by Gasteiger charge is 2.53. The van der Waals surface area contributed by atoms with Gasteiger partial charge in [-0.25, -0.2) is 14.4 Å². The molecule has 4 aromatic rings. The number of nitrogens with one attached hydrogen (secondary N) is 3. The maximum absolute atomic E-state index is 14.7. The van der Waals surface area contributed by atoms with Crippen LogP contribution in [0.1, 0.15) is 96.2 Å². The number of likely N-dealkylation sites (tertiary alicyclic amines) is 2. The van der Waals surface area contributed by atoms with Crippen molar-refractivity contribution in [3.8, 4) is 16.2 Å². The molecule has 3 N–H and O–H groups in total. The van der Waals surface area contributed by atoms with Gasteiger partial charge in [0.05, 0.1) is 33.0 Å². The van der Waals surface area contributed by atoms with E-state index in [0.717, 1.165) is 89.8 Å². The minimum Gasteiger partial charge on any atom is -0.492 e. The fraction of sp³-hybridized carbons (Fsp3) is 0.521. The summed E-state index contributed by atoms with van der Waals surface area (Å²) in [7, 11) is 0. The molecule has 0 radical (unpaired) electrons. The average molecular weight is 948 g/mol. The van der Waals surface area contributed by atoms with Crippen LogP contribution < -0.4 is 20.7 Å². The Morgan fingerprint density at radius 2 is 1.86 bits per heavy atom. The molecule has 348 valence electrons. The summed E-state index contributed by atoms with van der Waals surface area (Å²) in [5.74, 6) is -0.376. The zero-order chi connectivity index (χ0) is 46.1. The number of aryl methyl sites for hydroxylation is 1. The Morgan fingerprint density at radius 3 is 2.60 bits per heavy atom. The maximum atomic E-state index is 14.7. The monoisotopic (exact) mass is 946 g/mol. The summed E-state index contributed by atoms with van der Waals surface area (Å²) in [5, 5.41) is 9.99. The van der Waals surface area contributed by atoms with Crippen LogP contribution in [-0.2, 0) is 25.7 Å². The molecule has 13 nitrogen and oxygen atoms in total. The number of carbonyl (C=O) groups is 4. The van der Waals surface area contributed by atoms with Crippen molar-refractivity contribution >= 4 is 64.0 Å². The molecule has 3 aliphatic rings. The second-order valence-electron chi connectivity index (χ2n) is 18.4. The van der Waals surface area contributed by atoms with Crippen molar-refractivity contribution < 1.29 is 28.3 Å². The van der Waals surface area contributed by atoms with Crippen LogP contribution in [0, 0.1) is 18.3 Å². The molecular weight excluding hydrogens is 887 g/mol. The first-order valence-electron chi connectivity index (χ1n) is 22.7. The summed E-state index contributed by atoms with van der Waals surface area (Å²) in [6, 6.07) is 9.87. The Balaban J connectivity index is 0.923. The molecule has 65 heavy (non-hydrogen) atoms. The van der Waals surface area contributed by atoms with Crippen LogP contribution in [0.5, 0.6) is 5.75 Å². The molecule has 7 rings (SSSR count). The van der Waals surface area contributed by atoms with Gasteiger partial charge in [-0.3, -0.25) is 29.1 Å². The van der Waals surface area contributed by atoms with Crippen molar-refractivity contribution in [3.05, 3.63) is 76.8 Å². The Bertz CT molecular complexity index is 2310. The number of rotatable bonds is 17. The molecule has 4 heterocycles. The van der Waals surface area contributed by atoms with Gasteiger partial charge in [-0.2, -0.15) is 0 Å². The summed E-state index contributed by atoms with van der Waals surface area (Å²) in [5.41, 5.74) is 2.51. The standard InChI is InChI=1S/C48H60ClFN8O5S2/c1-31-42(64-30-54-31)33-14-15-34(28-53-44(60)36-11-5-6-23-58(36)45(61)43(47(2,3)4)56-46(62)48(50)18-19-48)37(27-33)63-26-25-57-22-8-9-32(17-24-57)13-16-39(59)55-35-10-7-12-38(41(35)49)65-40-29-51-20-21-52-40/h7,10,12,14-15,20-21,27,29-30,32,36,43H,5-6,8-9,11,13,16-19,22-26,28H2,1-4H3,(H,53,60)(H,55,59)(H,56,62)/t32?,36?,43-/m1/s1. The third-order valence-corrected chi connectivity index (χ3v) is 15.0. The van der Waals surface area contributed by atoms with E-state index in [1.807, 2.05) is 69.6 Å². The number of nitrogens with zero attached hydrogens (tertiary/aromatic N) is 5. The molecule has 0 spiro atoms. The van der Waals surface area contributed by atoms with E-state index in [1.54, 1.807) is 34.8 Å². The number of thiazole rings is 1. The molecule has 2 saturated heterocycles. The second kappa shape index (κ2) is 21.8. The van der Waals surface area contributed by atoms with Gasteiger partial charge in [0.25, 0.3) is 5.91 Å². The number of ether oxygens (including phenoxy) is 1. The molecule has 3 atom stereocenters. The minimum absolute atomic E-state index is 0.0593. The lowest BCUT2D eigenvalue weighted by molar-refractivity contribution is -0.148. The van der Waals surface area contributed by atoms with Gasteiger partial charge >= 0.3 is 0 Å². The van der Waals surface area contributed by atoms with Gasteiger partial charge in [-0.1, -0.05) is 62.3 Å². The molecule has 17 heteroatoms. The molecule has 2 aromatic carbocycles. The fourth-order valence-corrected chi connectivity index (χ4v) is 10.3. The largest absolute Gasteiger partial charge is 0.492 e. The van der Waals surface area contributed by atoms with Crippen molar-refractivity contribution in [2.45, 2.75) is 126 Å². The van der Waals surface area contributed by atoms with Gasteiger partial charge in [-0.15, -0.1) is 11.3 Å². The SMILES string of the molecule is Cc1ncsc1-c1ccc(CNC(=O)C2CCCCN2C(=O)[C@@H](NC(=O)C2(F)CC2)C(C)(C)C)c(OCCN2CCCC(CCC(=O)Nc3cccc(Sc4cnccn4)c3Cl)CC2)c1. The number of benzene rings is 2. The van der Waals surface area contributed by atoms with Gasteiger partial charge in [0.15, 0.2) is 5.67 Å². The lowest BCUT2D eigenvalue weighted by Crippen LogP contribution is -2.61. The summed E-state index contributed by atoms with van der Waals surface area (Å²) < 4.78 is 21.2. The van der Waals surface area contributed by atoms with E-state index in [0.29, 0.717) is 48.4 Å². The van der Waals surface area contributed by atoms with Crippen LogP contribution in [0.25, 0.3) is 10.4 Å². The number of aromatic nitrogens is 3. The van der Waals surface area contributed by atoms with E-state index < -0.39 is 29.1 Å². The Kier molecular flexibility index (Phi) is 16.2. The Labute approximate surface area is 394 Å². The zero-order valence-corrected chi connectivity index (χ0v) is 40.1. The van der Waals surface area contributed by atoms with E-state index in [4.69, 9.17) is 16.3 Å². The smallest absolute Gasteiger partial charge is 0.258 e. The topological polar surface area (TPSA) is 159 Å². The maximum Gasteiger partial charge on any atom is 0.258 e. The lowest BCUT2D eigenvalue weighted by atomic mass is 9.84. The molecular formula is C48H60ClFN8O5S2. The summed E-state index contributed by atoms with van der Waals surface area (Å²) >= 11 is 9.64. The summed E-state index contributed by atoms with van der Waals surface area (Å²) in [4.78, 5) is 72.6. The molecule has 0 bridgehead atoms. The average Bonchev–Trinajstić information content (AvgIpc) is 3.98. The molecule has 2 unspecified atom stereocenters. The van der Waals surface area contributed by atoms with E-state index in [-0.39, 0.29) is 37.1 Å². The van der Waals surface area contributed by atoms with E-state index >= 15 is 0 Å². The van der Waals surface area contributed by atoms with Crippen LogP contribution in [0.3, 0.4) is 0 Å². The van der Waals surface area contributed by atoms with Crippen molar-refractivity contribution in [1.29, 1.82) is 0 Å². The van der Waals surface area contributed by atoms with Crippen LogP contribution in [0.15, 0.2) is 70.4 Å². The Hall–Kier alpha value is -4.64. The normalized spacial score (nSPS) is 19.1. The number of piperidine rings is 1. The molecule has 1 aliphatic carbocycles. The van der Waals surface area contributed by atoms with Crippen molar-refractivity contribution in [2.75, 3.05) is 38.1 Å². The van der Waals surface area contributed by atoms with Gasteiger partial charge in [0, 0.05) is 48.9 Å². The number of halogens is 2. The van der Waals surface area contributed by atoms with Crippen molar-refractivity contribution in [3.63, 3.8) is 0 Å². The second-order valence-corrected chi connectivity index (χ2v) is 20.7. The summed E-state index contributed by atoms with van der Waals surface area (Å²) in [6.45, 7) is 11.0. The van der Waals surface area contributed by atoms with Gasteiger partial charge in [0.1, 0.15) is 29.5 Å². The summed E-state index contributed by atoms with van der Waals surface area (Å²) in [6.07, 6.45) is 11.5. The fourth-order valence-electron chi connectivity index (χ4n) is 8.44. The van der Waals surface area contributed by atoms with Crippen LogP contribution in [0.4, 0.5) is 10.1 Å². The number of hydrogen-bond donors (Lipinski definition) is 3. The number of carbonyl (C=O) groups excluding carboxylic acids is 4. The van der Waals surface area contributed by atoms with Crippen LogP contribution in [-0.4, -0.2) is 98.9 Å². The molecule has 1 saturated carbocycles. The molecule has 2 aromatic heterocycles. The van der Waals surface area contributed by atoms with E-state index in [2.05, 4.69) is 35.8 Å². The predicted octanol–water partition coefficient (Wildman–Crippen LogP) is 8.64. The van der Waals surface area contributed by atoms with Gasteiger partial charge in [-0.05, 0) is 113 Å². The highest BCUT2D eigenvalue weighted by molar-refractivity contribution is 7.99. The minimum atomic E-state index is -1.92. The van der Waals surface area contributed by atoms with E-state index in [9.17, 15) is 23.6 Å². The van der Waals surface area contributed by atoms with Gasteiger partial charge in [0.2, 0.25) is 17.7 Å². The first kappa shape index (κ1) is 48.3. The molecule has 3 fully saturated rings. The zero-order valence-electron chi connectivity index (χ0n) is 37.7. The number of hydrogen-bond acceptors (Lipinski definition) is 11. The highest BCUT2D eigenvalue weighted by Crippen LogP contribution is 2.41. The molecule has 2 aliphatic heterocycles. The number of anilines is 1. The van der Waals surface area contributed by atoms with E-state index in [1.165, 1.54) is 11.8 Å². The predicted molar refractivity (Wildman–Crippen MR) is 253 cm³/mol. The quantitative estimate of drug-likeness (QED) is 0.0936. The Morgan fingerprint density at radius 1 is 1.03 bits per heavy atom. The van der Waals surface area contributed by atoms with Gasteiger partial charge < -0.3 is 25.6 Å². The van der Waals surface area contributed by atoms with Crippen LogP contribution in [0.2, 0.25) is 5.02 Å². The number of amides is 4. The first-order chi connectivity index (χ1) is 31.2. The van der Waals surface area contributed by atoms with Crippen LogP contribution >= 0.6 is 34.7 Å². The number of alkyl halides is 1. The van der Waals surface area contributed by atoms with Crippen molar-refractivity contribution in [2.24, 2.45) is 11.3 Å². The third-order valence-electron chi connectivity index (χ3n) is 12.5.